The average molecular weight is 312 g/mol. The second kappa shape index (κ2) is 6.96. The molecule has 5 nitrogen and oxygen atoms in total. The summed E-state index contributed by atoms with van der Waals surface area (Å²) in [5.41, 5.74) is 2.97. The van der Waals surface area contributed by atoms with Crippen molar-refractivity contribution in [3.8, 4) is 0 Å². The van der Waals surface area contributed by atoms with Crippen LogP contribution in [0.25, 0.3) is 0 Å². The molecule has 0 radical (unpaired) electrons. The fourth-order valence-corrected chi connectivity index (χ4v) is 3.11. The van der Waals surface area contributed by atoms with Crippen LogP contribution in [0, 0.1) is 0 Å². The summed E-state index contributed by atoms with van der Waals surface area (Å²) < 4.78 is 0. The van der Waals surface area contributed by atoms with Crippen molar-refractivity contribution in [3.63, 3.8) is 0 Å². The third-order valence-electron chi connectivity index (χ3n) is 4.49. The van der Waals surface area contributed by atoms with E-state index in [-0.39, 0.29) is 5.91 Å². The molecule has 3 rings (SSSR count). The van der Waals surface area contributed by atoms with Crippen molar-refractivity contribution < 1.29 is 4.79 Å². The topological polar surface area (TPSA) is 52.2 Å². The summed E-state index contributed by atoms with van der Waals surface area (Å²) in [4.78, 5) is 16.0. The van der Waals surface area contributed by atoms with Crippen LogP contribution < -0.4 is 0 Å². The van der Waals surface area contributed by atoms with E-state index in [4.69, 9.17) is 0 Å². The van der Waals surface area contributed by atoms with E-state index in [2.05, 4.69) is 45.4 Å². The zero-order valence-corrected chi connectivity index (χ0v) is 13.8. The summed E-state index contributed by atoms with van der Waals surface area (Å²) in [6.07, 6.45) is 2.20. The summed E-state index contributed by atoms with van der Waals surface area (Å²) in [7, 11) is 3.50. The van der Waals surface area contributed by atoms with E-state index in [1.165, 1.54) is 5.56 Å². The van der Waals surface area contributed by atoms with Gasteiger partial charge < -0.3 is 9.80 Å². The molecule has 5 heteroatoms. The Balaban J connectivity index is 1.54. The van der Waals surface area contributed by atoms with Gasteiger partial charge in [0.2, 0.25) is 0 Å². The molecule has 1 N–H and O–H groups in total. The minimum Gasteiger partial charge on any atom is -0.343 e. The number of amides is 1. The largest absolute Gasteiger partial charge is 0.343 e. The number of likely N-dealkylation sites (tertiary alicyclic amines) is 1. The van der Waals surface area contributed by atoms with Crippen LogP contribution >= 0.6 is 0 Å². The summed E-state index contributed by atoms with van der Waals surface area (Å²) in [5, 5.41) is 7.22. The third kappa shape index (κ3) is 3.79. The molecular weight excluding hydrogens is 288 g/mol. The van der Waals surface area contributed by atoms with Crippen molar-refractivity contribution >= 4 is 5.91 Å². The van der Waals surface area contributed by atoms with Gasteiger partial charge in [-0.05, 0) is 31.0 Å². The number of carbonyl (C=O) groups excluding carboxylic acids is 1. The van der Waals surface area contributed by atoms with E-state index in [1.54, 1.807) is 19.0 Å². The predicted molar refractivity (Wildman–Crippen MR) is 90.5 cm³/mol. The first-order chi connectivity index (χ1) is 11.1. The first-order valence-corrected chi connectivity index (χ1v) is 8.16. The lowest BCUT2D eigenvalue weighted by Crippen LogP contribution is -2.23. The molecule has 1 aromatic carbocycles. The molecule has 1 aromatic heterocycles. The molecule has 0 bridgehead atoms. The number of aromatic nitrogens is 2. The highest BCUT2D eigenvalue weighted by Crippen LogP contribution is 2.26. The van der Waals surface area contributed by atoms with Gasteiger partial charge in [-0.25, -0.2) is 0 Å². The number of rotatable bonds is 5. The molecular formula is C18H24N4O. The summed E-state index contributed by atoms with van der Waals surface area (Å²) >= 11 is 0. The van der Waals surface area contributed by atoms with E-state index in [9.17, 15) is 4.79 Å². The van der Waals surface area contributed by atoms with Gasteiger partial charge in [0.25, 0.3) is 5.91 Å². The van der Waals surface area contributed by atoms with E-state index in [1.807, 2.05) is 6.07 Å². The lowest BCUT2D eigenvalue weighted by Gasteiger charge is -2.15. The smallest absolute Gasteiger partial charge is 0.273 e. The van der Waals surface area contributed by atoms with Gasteiger partial charge in [-0.1, -0.05) is 30.3 Å². The molecule has 1 fully saturated rings. The van der Waals surface area contributed by atoms with Crippen LogP contribution in [0.4, 0.5) is 0 Å². The Hall–Kier alpha value is -2.14. The highest BCUT2D eigenvalue weighted by Gasteiger charge is 2.26. The minimum atomic E-state index is -0.0496. The Labute approximate surface area is 137 Å². The van der Waals surface area contributed by atoms with Gasteiger partial charge in [-0.3, -0.25) is 9.89 Å². The molecule has 0 unspecified atom stereocenters. The zero-order valence-electron chi connectivity index (χ0n) is 13.8. The van der Waals surface area contributed by atoms with Gasteiger partial charge >= 0.3 is 0 Å². The second-order valence-corrected chi connectivity index (χ2v) is 6.43. The first-order valence-electron chi connectivity index (χ1n) is 8.16. The maximum atomic E-state index is 11.9. The van der Waals surface area contributed by atoms with E-state index in [0.717, 1.165) is 38.2 Å². The maximum Gasteiger partial charge on any atom is 0.273 e. The van der Waals surface area contributed by atoms with Crippen LogP contribution in [-0.4, -0.2) is 59.6 Å². The first kappa shape index (κ1) is 15.7. The number of hydrogen-bond donors (Lipinski definition) is 1. The Morgan fingerprint density at radius 1 is 1.35 bits per heavy atom. The molecule has 1 atom stereocenters. The van der Waals surface area contributed by atoms with E-state index < -0.39 is 0 Å². The van der Waals surface area contributed by atoms with Crippen LogP contribution in [0.2, 0.25) is 0 Å². The highest BCUT2D eigenvalue weighted by molar-refractivity contribution is 5.92. The van der Waals surface area contributed by atoms with Crippen molar-refractivity contribution in [3.05, 3.63) is 53.3 Å². The Bertz CT molecular complexity index is 650. The molecule has 0 spiro atoms. The van der Waals surface area contributed by atoms with Gasteiger partial charge in [0.1, 0.15) is 5.69 Å². The fourth-order valence-electron chi connectivity index (χ4n) is 3.11. The normalized spacial score (nSPS) is 18.3. The molecule has 122 valence electrons. The van der Waals surface area contributed by atoms with Crippen LogP contribution in [-0.2, 0) is 6.42 Å². The molecule has 1 aliphatic heterocycles. The number of nitrogens with zero attached hydrogens (tertiary/aromatic N) is 3. The number of aromatic amines is 1. The van der Waals surface area contributed by atoms with E-state index in [0.29, 0.717) is 11.6 Å². The number of H-pyrrole nitrogens is 1. The van der Waals surface area contributed by atoms with Gasteiger partial charge in [0, 0.05) is 38.8 Å². The lowest BCUT2D eigenvalue weighted by atomic mass is 10.0. The molecule has 0 saturated carbocycles. The molecule has 1 saturated heterocycles. The van der Waals surface area contributed by atoms with Gasteiger partial charge in [0.05, 0.1) is 0 Å². The quantitative estimate of drug-likeness (QED) is 0.920. The standard InChI is InChI=1S/C18H24N4O/c1-21(2)18(23)17-12-16(19-20-17)15-9-11-22(13-15)10-8-14-6-4-3-5-7-14/h3-7,12,15H,8-11,13H2,1-2H3,(H,19,20)/t15-/m0/s1. The average Bonchev–Trinajstić information content (AvgIpc) is 3.22. The zero-order chi connectivity index (χ0) is 16.2. The highest BCUT2D eigenvalue weighted by atomic mass is 16.2. The van der Waals surface area contributed by atoms with Gasteiger partial charge in [-0.2, -0.15) is 5.10 Å². The SMILES string of the molecule is CN(C)C(=O)c1cc([C@H]2CCN(CCc3ccccc3)C2)[nH]n1. The Kier molecular flexibility index (Phi) is 4.76. The monoisotopic (exact) mass is 312 g/mol. The maximum absolute atomic E-state index is 11.9. The van der Waals surface area contributed by atoms with Crippen molar-refractivity contribution in [1.29, 1.82) is 0 Å². The van der Waals surface area contributed by atoms with Crippen molar-refractivity contribution in [2.75, 3.05) is 33.7 Å². The number of hydrogen-bond acceptors (Lipinski definition) is 3. The molecule has 23 heavy (non-hydrogen) atoms. The minimum absolute atomic E-state index is 0.0496. The van der Waals surface area contributed by atoms with Crippen molar-refractivity contribution in [2.24, 2.45) is 0 Å². The Morgan fingerprint density at radius 2 is 2.13 bits per heavy atom. The second-order valence-electron chi connectivity index (χ2n) is 6.43. The molecule has 0 aliphatic carbocycles. The summed E-state index contributed by atoms with van der Waals surface area (Å²) in [6.45, 7) is 3.22. The van der Waals surface area contributed by atoms with Crippen LogP contribution in [0.3, 0.4) is 0 Å². The van der Waals surface area contributed by atoms with Crippen LogP contribution in [0.15, 0.2) is 36.4 Å². The van der Waals surface area contributed by atoms with Gasteiger partial charge in [0.15, 0.2) is 0 Å². The molecule has 2 heterocycles. The Morgan fingerprint density at radius 3 is 2.87 bits per heavy atom. The van der Waals surface area contributed by atoms with Crippen LogP contribution in [0.1, 0.15) is 34.1 Å². The van der Waals surface area contributed by atoms with E-state index >= 15 is 0 Å². The fraction of sp³-hybridized carbons (Fsp3) is 0.444. The lowest BCUT2D eigenvalue weighted by molar-refractivity contribution is 0.0822. The number of nitrogens with one attached hydrogen (secondary N) is 1. The van der Waals surface area contributed by atoms with Crippen LogP contribution in [0.5, 0.6) is 0 Å². The molecule has 1 amide bonds. The summed E-state index contributed by atoms with van der Waals surface area (Å²) in [6, 6.07) is 12.5. The third-order valence-corrected chi connectivity index (χ3v) is 4.49. The number of carbonyl (C=O) groups is 1. The molecule has 2 aromatic rings. The van der Waals surface area contributed by atoms with Crippen molar-refractivity contribution in [1.82, 2.24) is 20.0 Å². The number of benzene rings is 1. The summed E-state index contributed by atoms with van der Waals surface area (Å²) in [5.74, 6) is 0.397. The molecule has 1 aliphatic rings. The van der Waals surface area contributed by atoms with Gasteiger partial charge in [-0.15, -0.1) is 0 Å². The van der Waals surface area contributed by atoms with Crippen molar-refractivity contribution in [2.45, 2.75) is 18.8 Å². The predicted octanol–water partition coefficient (Wildman–Crippen LogP) is 2.14.